The Morgan fingerprint density at radius 2 is 1.25 bits per heavy atom. The molecular formula is CuIrSe2. The van der Waals surface area contributed by atoms with Crippen LogP contribution in [-0.2, 0) is 29.6 Å². The second kappa shape index (κ2) is 8.96. The van der Waals surface area contributed by atoms with Crippen LogP contribution in [0.2, 0.25) is 0 Å². The first-order valence-corrected chi connectivity index (χ1v) is 11.6. The molecule has 4 heavy (non-hydrogen) atoms. The molecule has 0 nitrogen and oxygen atoms in total. The van der Waals surface area contributed by atoms with Gasteiger partial charge in [0.1, 0.15) is 0 Å². The van der Waals surface area contributed by atoms with Crippen LogP contribution in [-0.4, -0.2) is 26.0 Å². The normalized spacial score (nSPS) is 4.00. The molecule has 0 bridgehead atoms. The topological polar surface area (TPSA) is 0 Å². The third-order valence-electron chi connectivity index (χ3n) is 0. The molecule has 0 saturated carbocycles. The molecule has 0 aromatic rings. The van der Waals surface area contributed by atoms with E-state index >= 15 is 0 Å². The Balaban J connectivity index is 0. The summed E-state index contributed by atoms with van der Waals surface area (Å²) >= 11 is 6.00. The summed E-state index contributed by atoms with van der Waals surface area (Å²) in [6, 6.07) is 0. The number of rotatable bonds is 0. The fraction of sp³-hybridized carbons (Fsp3) is 0. The van der Waals surface area contributed by atoms with Gasteiger partial charge in [-0.1, -0.05) is 0 Å². The van der Waals surface area contributed by atoms with E-state index in [4.69, 9.17) is 0 Å². The number of hydrogen-bond acceptors (Lipinski definition) is 0. The quantitative estimate of drug-likeness (QED) is 0.458. The monoisotopic (exact) mass is 416 g/mol. The molecule has 0 aromatic heterocycles. The third kappa shape index (κ3) is 8.88. The van der Waals surface area contributed by atoms with Gasteiger partial charge in [0.05, 0.1) is 0 Å². The zero-order valence-electron chi connectivity index (χ0n) is 1.45. The molecule has 0 aliphatic carbocycles. The van der Waals surface area contributed by atoms with Gasteiger partial charge in [-0.3, -0.25) is 0 Å². The molecule has 0 aliphatic heterocycles. The molecule has 0 fully saturated rings. The van der Waals surface area contributed by atoms with E-state index in [1.165, 1.54) is 0 Å². The van der Waals surface area contributed by atoms with Crippen LogP contribution < -0.4 is 0 Å². The van der Waals surface area contributed by atoms with Crippen LogP contribution in [0.4, 0.5) is 0 Å². The van der Waals surface area contributed by atoms with Gasteiger partial charge < -0.3 is 0 Å². The summed E-state index contributed by atoms with van der Waals surface area (Å²) in [5.41, 5.74) is 0. The van der Waals surface area contributed by atoms with Gasteiger partial charge in [0.2, 0.25) is 0 Å². The van der Waals surface area contributed by atoms with Crippen molar-refractivity contribution in [1.29, 1.82) is 0 Å². The first-order chi connectivity index (χ1) is 1.41. The molecule has 1 radical (unpaired) electrons. The standard InChI is InChI=1S/Cu.Ir.2Se. The molecule has 32 valence electrons. The third-order valence-corrected chi connectivity index (χ3v) is 0. The Morgan fingerprint density at radius 1 is 1.25 bits per heavy atom. The molecule has 0 saturated heterocycles. The molecule has 0 unspecified atom stereocenters. The predicted octanol–water partition coefficient (Wildman–Crippen LogP) is -0.767. The molecule has 0 atom stereocenters. The second-order valence-electron chi connectivity index (χ2n) is 0.0556. The molecule has 0 rings (SSSR count). The van der Waals surface area contributed by atoms with E-state index in [0.717, 1.165) is 0 Å². The van der Waals surface area contributed by atoms with Crippen LogP contribution in [0.25, 0.3) is 0 Å². The van der Waals surface area contributed by atoms with Crippen molar-refractivity contribution in [3.05, 3.63) is 0 Å². The molecule has 0 amide bonds. The fourth-order valence-corrected chi connectivity index (χ4v) is 0. The van der Waals surface area contributed by atoms with Crippen molar-refractivity contribution in [1.82, 2.24) is 0 Å². The summed E-state index contributed by atoms with van der Waals surface area (Å²) in [6.45, 7) is 0. The van der Waals surface area contributed by atoms with Crippen molar-refractivity contribution < 1.29 is 29.6 Å². The van der Waals surface area contributed by atoms with E-state index < -0.39 is 0 Å². The average molecular weight is 414 g/mol. The van der Waals surface area contributed by atoms with Crippen LogP contribution in [0.3, 0.4) is 0 Å². The van der Waals surface area contributed by atoms with E-state index in [-0.39, 0.29) is 29.6 Å². The van der Waals surface area contributed by atoms with E-state index in [1.807, 2.05) is 0 Å². The minimum absolute atomic E-state index is 0. The van der Waals surface area contributed by atoms with Gasteiger partial charge in [0.25, 0.3) is 0 Å². The van der Waals surface area contributed by atoms with Gasteiger partial charge in [-0.25, -0.2) is 0 Å². The predicted molar refractivity (Wildman–Crippen MR) is 11.5 cm³/mol. The van der Waals surface area contributed by atoms with E-state index in [2.05, 4.69) is 26.0 Å². The van der Waals surface area contributed by atoms with Crippen molar-refractivity contribution in [2.24, 2.45) is 0 Å². The van der Waals surface area contributed by atoms with E-state index in [9.17, 15) is 0 Å². The van der Waals surface area contributed by atoms with E-state index in [1.54, 1.807) is 0 Å². The maximum atomic E-state index is 2.88. The first-order valence-electron chi connectivity index (χ1n) is 0.272. The van der Waals surface area contributed by atoms with Crippen LogP contribution in [0, 0.1) is 0 Å². The molecule has 0 heterocycles. The molecule has 0 N–H and O–H groups in total. The van der Waals surface area contributed by atoms with Gasteiger partial charge >= 0.3 is 38.6 Å². The van der Waals surface area contributed by atoms with Crippen LogP contribution in [0.5, 0.6) is 0 Å². The zero-order valence-corrected chi connectivity index (χ0v) is 8.21. The van der Waals surface area contributed by atoms with Crippen molar-refractivity contribution in [2.45, 2.75) is 0 Å². The first kappa shape index (κ1) is 9.51. The fourth-order valence-electron chi connectivity index (χ4n) is 0. The molecular weight excluding hydrogens is 414 g/mol. The van der Waals surface area contributed by atoms with Crippen molar-refractivity contribution in [3.63, 3.8) is 0 Å². The molecule has 0 aliphatic rings. The second-order valence-corrected chi connectivity index (χ2v) is 12.3. The van der Waals surface area contributed by atoms with Crippen LogP contribution in [0.1, 0.15) is 0 Å². The van der Waals surface area contributed by atoms with Gasteiger partial charge in [0.15, 0.2) is 0 Å². The maximum absolute atomic E-state index is 2.88. The zero-order chi connectivity index (χ0) is 2.71. The summed E-state index contributed by atoms with van der Waals surface area (Å²) in [5.74, 6) is 0. The van der Waals surface area contributed by atoms with Crippen molar-refractivity contribution in [2.75, 3.05) is 0 Å². The van der Waals surface area contributed by atoms with Crippen molar-refractivity contribution >= 4 is 26.0 Å². The Kier molecular flexibility index (Phi) is 21.3. The summed E-state index contributed by atoms with van der Waals surface area (Å²) in [4.78, 5) is 0. The molecule has 0 aromatic carbocycles. The summed E-state index contributed by atoms with van der Waals surface area (Å²) < 4.78 is 0. The minimum atomic E-state index is 0. The van der Waals surface area contributed by atoms with Gasteiger partial charge in [-0.05, 0) is 0 Å². The Labute approximate surface area is 55.0 Å². The SMILES string of the molecule is [Cu].[Se]=[Ir]=[Se]. The van der Waals surface area contributed by atoms with Crippen molar-refractivity contribution in [3.8, 4) is 0 Å². The molecule has 0 spiro atoms. The summed E-state index contributed by atoms with van der Waals surface area (Å²) in [7, 11) is 0. The molecule has 4 heteroatoms. The Bertz CT molecular complexity index is 27.0. The Hall–Kier alpha value is 2.21. The number of hydrogen-bond donors (Lipinski definition) is 0. The van der Waals surface area contributed by atoms with Gasteiger partial charge in [-0.2, -0.15) is 0 Å². The van der Waals surface area contributed by atoms with Crippen LogP contribution in [0.15, 0.2) is 0 Å². The van der Waals surface area contributed by atoms with E-state index in [0.29, 0.717) is 0 Å². The summed E-state index contributed by atoms with van der Waals surface area (Å²) in [5, 5.41) is 0. The van der Waals surface area contributed by atoms with Gasteiger partial charge in [-0.15, -0.1) is 0 Å². The Morgan fingerprint density at radius 3 is 1.25 bits per heavy atom. The van der Waals surface area contributed by atoms with Gasteiger partial charge in [0, 0.05) is 17.1 Å². The average Bonchev–Trinajstić information content (AvgIpc) is 0.918. The summed E-state index contributed by atoms with van der Waals surface area (Å²) in [6.07, 6.45) is 0. The van der Waals surface area contributed by atoms with Crippen LogP contribution >= 0.6 is 0 Å².